The molecule has 0 saturated carbocycles. The van der Waals surface area contributed by atoms with Gasteiger partial charge < -0.3 is 10.3 Å². The number of hydrogen-bond acceptors (Lipinski definition) is 1. The molecule has 0 bridgehead atoms. The van der Waals surface area contributed by atoms with Crippen molar-refractivity contribution >= 4 is 16.8 Å². The Bertz CT molecular complexity index is 823. The van der Waals surface area contributed by atoms with Gasteiger partial charge in [-0.25, -0.2) is 4.39 Å². The molecule has 1 aromatic heterocycles. The standard InChI is InChI=1S/C18H17FN2O/c1-12-4-2-3-5-15(12)18(22)20-9-8-13-11-21-17-7-6-14(19)10-16(13)17/h2-7,10-11,21H,8-9H2,1H3,(H,20,22). The van der Waals surface area contributed by atoms with Crippen LogP contribution < -0.4 is 5.32 Å². The summed E-state index contributed by atoms with van der Waals surface area (Å²) >= 11 is 0. The van der Waals surface area contributed by atoms with E-state index in [0.717, 1.165) is 22.0 Å². The molecule has 1 amide bonds. The van der Waals surface area contributed by atoms with E-state index in [1.807, 2.05) is 37.4 Å². The van der Waals surface area contributed by atoms with Crippen molar-refractivity contribution in [1.82, 2.24) is 10.3 Å². The third-order valence-corrected chi connectivity index (χ3v) is 3.80. The van der Waals surface area contributed by atoms with Gasteiger partial charge in [-0.15, -0.1) is 0 Å². The second-order valence-electron chi connectivity index (χ2n) is 5.32. The van der Waals surface area contributed by atoms with Crippen molar-refractivity contribution in [3.05, 3.63) is 71.2 Å². The van der Waals surface area contributed by atoms with Gasteiger partial charge in [0.05, 0.1) is 0 Å². The molecular weight excluding hydrogens is 279 g/mol. The van der Waals surface area contributed by atoms with Crippen LogP contribution in [0, 0.1) is 12.7 Å². The molecule has 3 rings (SSSR count). The number of aromatic nitrogens is 1. The molecular formula is C18H17FN2O. The summed E-state index contributed by atoms with van der Waals surface area (Å²) in [6, 6.07) is 12.2. The number of nitrogens with one attached hydrogen (secondary N) is 2. The van der Waals surface area contributed by atoms with E-state index in [4.69, 9.17) is 0 Å². The highest BCUT2D eigenvalue weighted by molar-refractivity contribution is 5.95. The third-order valence-electron chi connectivity index (χ3n) is 3.80. The molecule has 1 heterocycles. The van der Waals surface area contributed by atoms with Gasteiger partial charge in [-0.1, -0.05) is 18.2 Å². The van der Waals surface area contributed by atoms with Crippen LogP contribution in [-0.2, 0) is 6.42 Å². The smallest absolute Gasteiger partial charge is 0.251 e. The van der Waals surface area contributed by atoms with E-state index in [-0.39, 0.29) is 11.7 Å². The maximum absolute atomic E-state index is 13.3. The predicted molar refractivity (Wildman–Crippen MR) is 85.5 cm³/mol. The number of H-pyrrole nitrogens is 1. The lowest BCUT2D eigenvalue weighted by Gasteiger charge is -2.07. The molecule has 0 aliphatic heterocycles. The summed E-state index contributed by atoms with van der Waals surface area (Å²) in [4.78, 5) is 15.2. The van der Waals surface area contributed by atoms with Crippen LogP contribution in [0.3, 0.4) is 0 Å². The number of carbonyl (C=O) groups excluding carboxylic acids is 1. The molecule has 3 nitrogen and oxygen atoms in total. The van der Waals surface area contributed by atoms with Crippen LogP contribution in [0.1, 0.15) is 21.5 Å². The average Bonchev–Trinajstić information content (AvgIpc) is 2.90. The van der Waals surface area contributed by atoms with Crippen LogP contribution in [0.2, 0.25) is 0 Å². The molecule has 0 unspecified atom stereocenters. The van der Waals surface area contributed by atoms with Gasteiger partial charge in [0.25, 0.3) is 5.91 Å². The molecule has 0 radical (unpaired) electrons. The molecule has 0 fully saturated rings. The summed E-state index contributed by atoms with van der Waals surface area (Å²) in [5, 5.41) is 3.78. The monoisotopic (exact) mass is 296 g/mol. The fraction of sp³-hybridized carbons (Fsp3) is 0.167. The first-order valence-corrected chi connectivity index (χ1v) is 7.24. The van der Waals surface area contributed by atoms with E-state index in [1.54, 1.807) is 6.07 Å². The number of hydrogen-bond donors (Lipinski definition) is 2. The number of benzene rings is 2. The molecule has 0 aliphatic rings. The second-order valence-corrected chi connectivity index (χ2v) is 5.32. The first-order chi connectivity index (χ1) is 10.6. The van der Waals surface area contributed by atoms with Crippen molar-refractivity contribution in [2.45, 2.75) is 13.3 Å². The summed E-state index contributed by atoms with van der Waals surface area (Å²) in [5.74, 6) is -0.332. The summed E-state index contributed by atoms with van der Waals surface area (Å²) in [6.07, 6.45) is 2.52. The Balaban J connectivity index is 1.66. The maximum atomic E-state index is 13.3. The molecule has 3 aromatic rings. The Hall–Kier alpha value is -2.62. The zero-order valence-electron chi connectivity index (χ0n) is 12.3. The van der Waals surface area contributed by atoms with Crippen molar-refractivity contribution in [2.75, 3.05) is 6.54 Å². The molecule has 0 saturated heterocycles. The second kappa shape index (κ2) is 6.02. The van der Waals surface area contributed by atoms with E-state index in [9.17, 15) is 9.18 Å². The lowest BCUT2D eigenvalue weighted by atomic mass is 10.1. The van der Waals surface area contributed by atoms with Gasteiger partial charge >= 0.3 is 0 Å². The van der Waals surface area contributed by atoms with Crippen molar-refractivity contribution in [3.63, 3.8) is 0 Å². The van der Waals surface area contributed by atoms with Crippen LogP contribution in [0.5, 0.6) is 0 Å². The summed E-state index contributed by atoms with van der Waals surface area (Å²) in [7, 11) is 0. The van der Waals surface area contributed by atoms with Gasteiger partial charge in [-0.3, -0.25) is 4.79 Å². The van der Waals surface area contributed by atoms with E-state index in [2.05, 4.69) is 10.3 Å². The first-order valence-electron chi connectivity index (χ1n) is 7.24. The number of amides is 1. The molecule has 22 heavy (non-hydrogen) atoms. The Labute approximate surface area is 128 Å². The quantitative estimate of drug-likeness (QED) is 0.759. The molecule has 2 N–H and O–H groups in total. The van der Waals surface area contributed by atoms with Gasteiger partial charge in [0, 0.05) is 29.2 Å². The Morgan fingerprint density at radius 1 is 1.23 bits per heavy atom. The molecule has 0 atom stereocenters. The lowest BCUT2D eigenvalue weighted by molar-refractivity contribution is 0.0953. The minimum absolute atomic E-state index is 0.0795. The minimum atomic E-state index is -0.253. The first kappa shape index (κ1) is 14.3. The van der Waals surface area contributed by atoms with Crippen LogP contribution in [0.15, 0.2) is 48.7 Å². The highest BCUT2D eigenvalue weighted by atomic mass is 19.1. The largest absolute Gasteiger partial charge is 0.361 e. The van der Waals surface area contributed by atoms with Crippen LogP contribution in [0.4, 0.5) is 4.39 Å². The number of halogens is 1. The number of rotatable bonds is 4. The lowest BCUT2D eigenvalue weighted by Crippen LogP contribution is -2.26. The normalized spacial score (nSPS) is 10.8. The van der Waals surface area contributed by atoms with Gasteiger partial charge in [0.2, 0.25) is 0 Å². The van der Waals surface area contributed by atoms with E-state index in [1.165, 1.54) is 12.1 Å². The van der Waals surface area contributed by atoms with Crippen molar-refractivity contribution in [2.24, 2.45) is 0 Å². The van der Waals surface area contributed by atoms with E-state index < -0.39 is 0 Å². The number of carbonyl (C=O) groups is 1. The zero-order chi connectivity index (χ0) is 15.5. The summed E-state index contributed by atoms with van der Waals surface area (Å²) in [5.41, 5.74) is 3.54. The number of aryl methyl sites for hydroxylation is 1. The van der Waals surface area contributed by atoms with Crippen LogP contribution >= 0.6 is 0 Å². The van der Waals surface area contributed by atoms with Gasteiger partial charge in [-0.05, 0) is 48.7 Å². The molecule has 4 heteroatoms. The molecule has 2 aromatic carbocycles. The van der Waals surface area contributed by atoms with E-state index >= 15 is 0 Å². The van der Waals surface area contributed by atoms with Crippen LogP contribution in [-0.4, -0.2) is 17.4 Å². The predicted octanol–water partition coefficient (Wildman–Crippen LogP) is 3.59. The highest BCUT2D eigenvalue weighted by Crippen LogP contribution is 2.19. The van der Waals surface area contributed by atoms with Crippen molar-refractivity contribution in [1.29, 1.82) is 0 Å². The topological polar surface area (TPSA) is 44.9 Å². The van der Waals surface area contributed by atoms with Gasteiger partial charge in [0.15, 0.2) is 0 Å². The Morgan fingerprint density at radius 2 is 2.05 bits per heavy atom. The average molecular weight is 296 g/mol. The highest BCUT2D eigenvalue weighted by Gasteiger charge is 2.09. The minimum Gasteiger partial charge on any atom is -0.361 e. The van der Waals surface area contributed by atoms with E-state index in [0.29, 0.717) is 18.5 Å². The van der Waals surface area contributed by atoms with Crippen molar-refractivity contribution in [3.8, 4) is 0 Å². The summed E-state index contributed by atoms with van der Waals surface area (Å²) < 4.78 is 13.3. The molecule has 0 aliphatic carbocycles. The fourth-order valence-corrected chi connectivity index (χ4v) is 2.59. The molecule has 112 valence electrons. The maximum Gasteiger partial charge on any atom is 0.251 e. The van der Waals surface area contributed by atoms with Crippen LogP contribution in [0.25, 0.3) is 10.9 Å². The van der Waals surface area contributed by atoms with Crippen molar-refractivity contribution < 1.29 is 9.18 Å². The third kappa shape index (κ3) is 2.86. The fourth-order valence-electron chi connectivity index (χ4n) is 2.59. The summed E-state index contributed by atoms with van der Waals surface area (Å²) in [6.45, 7) is 2.42. The van der Waals surface area contributed by atoms with Gasteiger partial charge in [0.1, 0.15) is 5.82 Å². The zero-order valence-corrected chi connectivity index (χ0v) is 12.3. The Morgan fingerprint density at radius 3 is 2.86 bits per heavy atom. The SMILES string of the molecule is Cc1ccccc1C(=O)NCCc1c[nH]c2ccc(F)cc12. The Kier molecular flexibility index (Phi) is 3.92. The molecule has 0 spiro atoms. The number of fused-ring (bicyclic) bond motifs is 1. The number of aromatic amines is 1. The van der Waals surface area contributed by atoms with Gasteiger partial charge in [-0.2, -0.15) is 0 Å².